The molecule has 1 aromatic carbocycles. The molecule has 254 valence electrons. The van der Waals surface area contributed by atoms with E-state index in [9.17, 15) is 19.2 Å². The summed E-state index contributed by atoms with van der Waals surface area (Å²) >= 11 is 0. The zero-order chi connectivity index (χ0) is 32.9. The third kappa shape index (κ3) is 10.2. The number of likely N-dealkylation sites (tertiary alicyclic amines) is 1. The van der Waals surface area contributed by atoms with E-state index in [1.807, 2.05) is 30.3 Å². The van der Waals surface area contributed by atoms with Gasteiger partial charge in [-0.25, -0.2) is 9.59 Å². The van der Waals surface area contributed by atoms with E-state index in [1.54, 1.807) is 18.7 Å². The molecule has 2 fully saturated rings. The summed E-state index contributed by atoms with van der Waals surface area (Å²) in [4.78, 5) is 53.2. The van der Waals surface area contributed by atoms with Crippen LogP contribution in [0.15, 0.2) is 44.0 Å². The van der Waals surface area contributed by atoms with Crippen molar-refractivity contribution < 1.29 is 37.4 Å². The molecule has 46 heavy (non-hydrogen) atoms. The summed E-state index contributed by atoms with van der Waals surface area (Å²) < 4.78 is 26.5. The fourth-order valence-electron chi connectivity index (χ4n) is 6.57. The number of benzene rings is 1. The maximum absolute atomic E-state index is 14.1. The Kier molecular flexibility index (Phi) is 13.7. The molecule has 1 saturated carbocycles. The first-order chi connectivity index (χ1) is 22.3. The van der Waals surface area contributed by atoms with E-state index in [1.165, 1.54) is 19.3 Å². The first-order valence-corrected chi connectivity index (χ1v) is 17.0. The molecule has 1 aliphatic heterocycles. The lowest BCUT2D eigenvalue weighted by Crippen LogP contribution is -2.55. The molecule has 0 spiro atoms. The van der Waals surface area contributed by atoms with Crippen LogP contribution >= 0.6 is 0 Å². The van der Waals surface area contributed by atoms with E-state index < -0.39 is 36.3 Å². The van der Waals surface area contributed by atoms with Crippen LogP contribution in [0.1, 0.15) is 108 Å². The molecule has 1 aromatic heterocycles. The average molecular weight is 643 g/mol. The molecule has 1 N–H and O–H groups in total. The number of rotatable bonds is 17. The van der Waals surface area contributed by atoms with Crippen molar-refractivity contribution in [1.29, 1.82) is 0 Å². The second-order valence-electron chi connectivity index (χ2n) is 12.5. The lowest BCUT2D eigenvalue weighted by atomic mass is 9.85. The summed E-state index contributed by atoms with van der Waals surface area (Å²) in [6.07, 6.45) is 10.4. The van der Waals surface area contributed by atoms with Gasteiger partial charge in [0.1, 0.15) is 6.04 Å². The van der Waals surface area contributed by atoms with E-state index >= 15 is 0 Å². The molecule has 11 nitrogen and oxygen atoms in total. The van der Waals surface area contributed by atoms with Crippen molar-refractivity contribution in [2.24, 2.45) is 5.92 Å². The monoisotopic (exact) mass is 642 g/mol. The van der Waals surface area contributed by atoms with Gasteiger partial charge in [-0.1, -0.05) is 82.2 Å². The van der Waals surface area contributed by atoms with Gasteiger partial charge in [0, 0.05) is 12.5 Å². The van der Waals surface area contributed by atoms with Gasteiger partial charge in [-0.2, -0.15) is 0 Å². The van der Waals surface area contributed by atoms with Gasteiger partial charge in [-0.3, -0.25) is 14.9 Å². The summed E-state index contributed by atoms with van der Waals surface area (Å²) in [5.74, 6) is -1.07. The second-order valence-corrected chi connectivity index (χ2v) is 12.5. The Bertz CT molecular complexity index is 1310. The van der Waals surface area contributed by atoms with Crippen LogP contribution in [0.3, 0.4) is 0 Å². The molecule has 2 aliphatic rings. The number of carbonyl (C=O) groups excluding carboxylic acids is 3. The van der Waals surface area contributed by atoms with E-state index in [4.69, 9.17) is 23.0 Å². The maximum Gasteiger partial charge on any atom is 0.519 e. The number of ether oxygens (including phenoxy) is 3. The zero-order valence-corrected chi connectivity index (χ0v) is 27.5. The quantitative estimate of drug-likeness (QED) is 0.157. The molecule has 0 unspecified atom stereocenters. The first kappa shape index (κ1) is 35.3. The largest absolute Gasteiger partial charge is 0.519 e. The number of carbonyl (C=O) groups is 3. The van der Waals surface area contributed by atoms with E-state index in [0.29, 0.717) is 25.9 Å². The van der Waals surface area contributed by atoms with Crippen LogP contribution in [-0.4, -0.2) is 53.9 Å². The molecule has 11 heteroatoms. The molecule has 2 heterocycles. The highest BCUT2D eigenvalue weighted by atomic mass is 16.7. The van der Waals surface area contributed by atoms with Gasteiger partial charge in [0.15, 0.2) is 24.4 Å². The molecule has 0 radical (unpaired) electrons. The highest BCUT2D eigenvalue weighted by Crippen LogP contribution is 2.40. The number of hydrogen-bond donors (Lipinski definition) is 1. The second kappa shape index (κ2) is 17.9. The minimum absolute atomic E-state index is 0.0384. The minimum Gasteiger partial charge on any atom is -0.456 e. The van der Waals surface area contributed by atoms with Crippen LogP contribution in [-0.2, 0) is 36.8 Å². The number of nitrogens with one attached hydrogen (secondary N) is 1. The van der Waals surface area contributed by atoms with Crippen LogP contribution in [0, 0.1) is 12.8 Å². The fraction of sp³-hybridized carbons (Fsp3) is 0.657. The normalized spacial score (nSPS) is 20.5. The summed E-state index contributed by atoms with van der Waals surface area (Å²) in [6, 6.07) is 8.09. The summed E-state index contributed by atoms with van der Waals surface area (Å²) in [6.45, 7) is 5.47. The smallest absolute Gasteiger partial charge is 0.456 e. The van der Waals surface area contributed by atoms with Gasteiger partial charge in [0.05, 0.1) is 12.6 Å². The van der Waals surface area contributed by atoms with E-state index in [0.717, 1.165) is 50.5 Å². The zero-order valence-electron chi connectivity index (χ0n) is 27.5. The van der Waals surface area contributed by atoms with Crippen molar-refractivity contribution in [2.45, 2.75) is 135 Å². The number of esters is 1. The number of nitrogens with zero attached hydrogens (tertiary/aromatic N) is 1. The molecular weight excluding hydrogens is 592 g/mol. The SMILES string of the molecule is CCCCCCCCOC(=O)O[C@H]1C[C@H]2CCCC[C@@H]2N1C(=O)[C@H](C)N[C@@H](CCc1ccccc1)C(=O)OCc1oc(=O)oc1C. The molecule has 0 bridgehead atoms. The van der Waals surface area contributed by atoms with Crippen molar-refractivity contribution in [3.63, 3.8) is 0 Å². The summed E-state index contributed by atoms with van der Waals surface area (Å²) in [5.41, 5.74) is 1.04. The number of amides is 1. The highest BCUT2D eigenvalue weighted by molar-refractivity contribution is 5.84. The first-order valence-electron chi connectivity index (χ1n) is 17.0. The molecule has 5 atom stereocenters. The number of aryl methyl sites for hydroxylation is 2. The van der Waals surface area contributed by atoms with Gasteiger partial charge < -0.3 is 27.9 Å². The molecule has 2 aromatic rings. The Labute approximate surface area is 271 Å². The molecule has 1 amide bonds. The van der Waals surface area contributed by atoms with Crippen molar-refractivity contribution in [1.82, 2.24) is 10.2 Å². The minimum atomic E-state index is -0.865. The lowest BCUT2D eigenvalue weighted by molar-refractivity contribution is -0.150. The lowest BCUT2D eigenvalue weighted by Gasteiger charge is -2.35. The summed E-state index contributed by atoms with van der Waals surface area (Å²) in [7, 11) is 0. The molecule has 1 aliphatic carbocycles. The van der Waals surface area contributed by atoms with Crippen LogP contribution in [0.4, 0.5) is 4.79 Å². The Morgan fingerprint density at radius 3 is 2.48 bits per heavy atom. The molecule has 4 rings (SSSR count). The highest BCUT2D eigenvalue weighted by Gasteiger charge is 2.47. The third-order valence-electron chi connectivity index (χ3n) is 9.10. The van der Waals surface area contributed by atoms with E-state index in [2.05, 4.69) is 12.2 Å². The van der Waals surface area contributed by atoms with Crippen molar-refractivity contribution in [2.75, 3.05) is 6.61 Å². The number of unbranched alkanes of at least 4 members (excludes halogenated alkanes) is 5. The van der Waals surface area contributed by atoms with Crippen molar-refractivity contribution >= 4 is 18.0 Å². The molecular formula is C35H50N2O9. The van der Waals surface area contributed by atoms with Crippen LogP contribution in [0.5, 0.6) is 0 Å². The molecule has 1 saturated heterocycles. The number of hydrogen-bond acceptors (Lipinski definition) is 10. The van der Waals surface area contributed by atoms with Gasteiger partial charge >= 0.3 is 17.9 Å². The van der Waals surface area contributed by atoms with Crippen LogP contribution in [0.2, 0.25) is 0 Å². The topological polar surface area (TPSA) is 138 Å². The Morgan fingerprint density at radius 2 is 1.74 bits per heavy atom. The predicted octanol–water partition coefficient (Wildman–Crippen LogP) is 6.19. The third-order valence-corrected chi connectivity index (χ3v) is 9.10. The van der Waals surface area contributed by atoms with Crippen molar-refractivity contribution in [3.05, 3.63) is 58.0 Å². The standard InChI is InChI=1S/C35H50N2O9/c1-4-5-6-7-8-14-21-42-34(40)46-31-22-27-17-12-13-18-29(27)37(31)32(38)24(2)36-28(20-19-26-15-10-9-11-16-26)33(39)43-23-30-25(3)44-35(41)45-30/h9-11,15-16,24,27-29,31,36H,4-8,12-14,17-23H2,1-3H3/t24-,27+,28-,29-,31-/m0/s1. The van der Waals surface area contributed by atoms with Gasteiger partial charge in [-0.05, 0) is 57.4 Å². The maximum atomic E-state index is 14.1. The predicted molar refractivity (Wildman–Crippen MR) is 170 cm³/mol. The Morgan fingerprint density at radius 1 is 1.00 bits per heavy atom. The fourth-order valence-corrected chi connectivity index (χ4v) is 6.57. The van der Waals surface area contributed by atoms with E-state index in [-0.39, 0.29) is 36.0 Å². The number of fused-ring (bicyclic) bond motifs is 1. The van der Waals surface area contributed by atoms with Crippen LogP contribution < -0.4 is 11.1 Å². The summed E-state index contributed by atoms with van der Waals surface area (Å²) in [5, 5.41) is 3.20. The van der Waals surface area contributed by atoms with Gasteiger partial charge in [0.2, 0.25) is 5.91 Å². The van der Waals surface area contributed by atoms with Gasteiger partial charge in [0.25, 0.3) is 0 Å². The Hall–Kier alpha value is -3.60. The average Bonchev–Trinajstić information content (AvgIpc) is 3.58. The Balaban J connectivity index is 1.39. The van der Waals surface area contributed by atoms with Crippen molar-refractivity contribution in [3.8, 4) is 0 Å². The van der Waals surface area contributed by atoms with Gasteiger partial charge in [-0.15, -0.1) is 0 Å². The van der Waals surface area contributed by atoms with Crippen LogP contribution in [0.25, 0.3) is 0 Å².